The highest BCUT2D eigenvalue weighted by Crippen LogP contribution is 2.34. The summed E-state index contributed by atoms with van der Waals surface area (Å²) in [7, 11) is 0. The number of aldehydes is 1. The number of carbonyl (C=O) groups excluding carboxylic acids is 1. The average molecular weight is 84.1 g/mol. The zero-order valence-corrected chi connectivity index (χ0v) is 3.85. The van der Waals surface area contributed by atoms with Gasteiger partial charge in [0.15, 0.2) is 0 Å². The van der Waals surface area contributed by atoms with Gasteiger partial charge in [-0.15, -0.1) is 0 Å². The van der Waals surface area contributed by atoms with Crippen molar-refractivity contribution in [2.75, 3.05) is 0 Å². The minimum atomic E-state index is 0.421. The van der Waals surface area contributed by atoms with E-state index in [0.717, 1.165) is 12.7 Å². The second kappa shape index (κ2) is 1.07. The first-order chi connectivity index (χ1) is 2.84. The molecule has 2 atom stereocenters. The number of hydrogen-bond donors (Lipinski definition) is 0. The monoisotopic (exact) mass is 84.1 g/mol. The summed E-state index contributed by atoms with van der Waals surface area (Å²) in [5.41, 5.74) is 0. The van der Waals surface area contributed by atoms with Crippen LogP contribution in [0, 0.1) is 11.8 Å². The Bertz CT molecular complexity index is 68.3. The van der Waals surface area contributed by atoms with E-state index >= 15 is 0 Å². The Kier molecular flexibility index (Phi) is 0.685. The molecular formula is C5H8O. The molecule has 0 amide bonds. The molecular weight excluding hydrogens is 76.1 g/mol. The topological polar surface area (TPSA) is 17.1 Å². The fourth-order valence-electron chi connectivity index (χ4n) is 0.540. The van der Waals surface area contributed by atoms with Gasteiger partial charge in [-0.05, 0) is 12.3 Å². The maximum Gasteiger partial charge on any atom is 0.123 e. The Morgan fingerprint density at radius 2 is 2.33 bits per heavy atom. The lowest BCUT2D eigenvalue weighted by atomic mass is 10.4. The summed E-state index contributed by atoms with van der Waals surface area (Å²) < 4.78 is 0. The molecule has 1 aliphatic carbocycles. The van der Waals surface area contributed by atoms with Crippen molar-refractivity contribution in [2.45, 2.75) is 13.3 Å². The number of hydrogen-bond acceptors (Lipinski definition) is 1. The van der Waals surface area contributed by atoms with Crippen molar-refractivity contribution in [3.63, 3.8) is 0 Å². The SMILES string of the molecule is C[C@@H]1C[C@H]1C=O. The van der Waals surface area contributed by atoms with Crippen molar-refractivity contribution in [1.82, 2.24) is 0 Å². The lowest BCUT2D eigenvalue weighted by molar-refractivity contribution is -0.109. The Balaban J connectivity index is 2.25. The van der Waals surface area contributed by atoms with Gasteiger partial charge in [0.05, 0.1) is 0 Å². The van der Waals surface area contributed by atoms with Crippen LogP contribution in [-0.4, -0.2) is 6.29 Å². The van der Waals surface area contributed by atoms with Gasteiger partial charge in [-0.3, -0.25) is 0 Å². The highest BCUT2D eigenvalue weighted by Gasteiger charge is 2.31. The zero-order valence-electron chi connectivity index (χ0n) is 3.85. The maximum absolute atomic E-state index is 9.78. The Morgan fingerprint density at radius 1 is 1.83 bits per heavy atom. The minimum absolute atomic E-state index is 0.421. The summed E-state index contributed by atoms with van der Waals surface area (Å²) >= 11 is 0. The third-order valence-electron chi connectivity index (χ3n) is 1.35. The van der Waals surface area contributed by atoms with Crippen LogP contribution in [0.4, 0.5) is 0 Å². The molecule has 1 heteroatoms. The molecule has 0 aliphatic heterocycles. The number of rotatable bonds is 1. The third-order valence-corrected chi connectivity index (χ3v) is 1.35. The molecule has 0 radical (unpaired) electrons. The maximum atomic E-state index is 9.78. The van der Waals surface area contributed by atoms with Crippen molar-refractivity contribution in [3.05, 3.63) is 0 Å². The average Bonchev–Trinajstić information content (AvgIpc) is 2.19. The Hall–Kier alpha value is -0.330. The van der Waals surface area contributed by atoms with Gasteiger partial charge in [0.1, 0.15) is 6.29 Å². The van der Waals surface area contributed by atoms with E-state index in [1.165, 1.54) is 0 Å². The van der Waals surface area contributed by atoms with E-state index in [-0.39, 0.29) is 0 Å². The molecule has 1 fully saturated rings. The summed E-state index contributed by atoms with van der Waals surface area (Å²) in [6.45, 7) is 2.10. The van der Waals surface area contributed by atoms with Gasteiger partial charge in [0.2, 0.25) is 0 Å². The van der Waals surface area contributed by atoms with E-state index in [0.29, 0.717) is 11.8 Å². The summed E-state index contributed by atoms with van der Waals surface area (Å²) in [6.07, 6.45) is 2.17. The molecule has 0 heterocycles. The van der Waals surface area contributed by atoms with Gasteiger partial charge in [0, 0.05) is 5.92 Å². The summed E-state index contributed by atoms with van der Waals surface area (Å²) in [4.78, 5) is 9.78. The molecule has 0 aromatic carbocycles. The smallest absolute Gasteiger partial charge is 0.123 e. The molecule has 6 heavy (non-hydrogen) atoms. The van der Waals surface area contributed by atoms with Crippen LogP contribution in [0.25, 0.3) is 0 Å². The first-order valence-corrected chi connectivity index (χ1v) is 2.30. The fourth-order valence-corrected chi connectivity index (χ4v) is 0.540. The lowest BCUT2D eigenvalue weighted by Crippen LogP contribution is -1.73. The molecule has 0 saturated heterocycles. The minimum Gasteiger partial charge on any atom is -0.303 e. The van der Waals surface area contributed by atoms with Crippen molar-refractivity contribution in [3.8, 4) is 0 Å². The molecule has 1 nitrogen and oxygen atoms in total. The van der Waals surface area contributed by atoms with Crippen molar-refractivity contribution in [2.24, 2.45) is 11.8 Å². The molecule has 0 aromatic rings. The summed E-state index contributed by atoms with van der Waals surface area (Å²) in [5, 5.41) is 0. The van der Waals surface area contributed by atoms with Gasteiger partial charge in [0.25, 0.3) is 0 Å². The van der Waals surface area contributed by atoms with Crippen molar-refractivity contribution in [1.29, 1.82) is 0 Å². The quantitative estimate of drug-likeness (QED) is 0.430. The van der Waals surface area contributed by atoms with Crippen LogP contribution in [0.15, 0.2) is 0 Å². The molecule has 1 rings (SSSR count). The van der Waals surface area contributed by atoms with Gasteiger partial charge in [-0.25, -0.2) is 0 Å². The molecule has 0 bridgehead atoms. The van der Waals surface area contributed by atoms with E-state index in [1.807, 2.05) is 0 Å². The largest absolute Gasteiger partial charge is 0.303 e. The molecule has 0 aromatic heterocycles. The van der Waals surface area contributed by atoms with E-state index in [1.54, 1.807) is 0 Å². The second-order valence-electron chi connectivity index (χ2n) is 2.01. The van der Waals surface area contributed by atoms with Crippen LogP contribution in [0.2, 0.25) is 0 Å². The van der Waals surface area contributed by atoms with E-state index in [2.05, 4.69) is 6.92 Å². The van der Waals surface area contributed by atoms with E-state index in [4.69, 9.17) is 0 Å². The molecule has 0 spiro atoms. The standard InChI is InChI=1S/C5H8O/c1-4-2-5(4)3-6/h3-5H,2H2,1H3/t4-,5+/m1/s1. The highest BCUT2D eigenvalue weighted by atomic mass is 16.1. The molecule has 0 N–H and O–H groups in total. The number of carbonyl (C=O) groups is 1. The van der Waals surface area contributed by atoms with Gasteiger partial charge in [-0.2, -0.15) is 0 Å². The zero-order chi connectivity index (χ0) is 4.57. The fraction of sp³-hybridized carbons (Fsp3) is 0.800. The first kappa shape index (κ1) is 3.85. The highest BCUT2D eigenvalue weighted by molar-refractivity contribution is 5.57. The van der Waals surface area contributed by atoms with Crippen LogP contribution in [0.1, 0.15) is 13.3 Å². The molecule has 0 unspecified atom stereocenters. The third kappa shape index (κ3) is 0.445. The predicted molar refractivity (Wildman–Crippen MR) is 23.3 cm³/mol. The summed E-state index contributed by atoms with van der Waals surface area (Å²) in [6, 6.07) is 0. The van der Waals surface area contributed by atoms with Gasteiger partial charge >= 0.3 is 0 Å². The van der Waals surface area contributed by atoms with E-state index in [9.17, 15) is 4.79 Å². The molecule has 1 saturated carbocycles. The second-order valence-corrected chi connectivity index (χ2v) is 2.01. The van der Waals surface area contributed by atoms with Crippen molar-refractivity contribution >= 4 is 6.29 Å². The van der Waals surface area contributed by atoms with Crippen LogP contribution < -0.4 is 0 Å². The summed E-state index contributed by atoms with van der Waals surface area (Å²) in [5.74, 6) is 1.12. The van der Waals surface area contributed by atoms with Gasteiger partial charge < -0.3 is 4.79 Å². The van der Waals surface area contributed by atoms with Gasteiger partial charge in [-0.1, -0.05) is 6.92 Å². The predicted octanol–water partition coefficient (Wildman–Crippen LogP) is 0.841. The van der Waals surface area contributed by atoms with Crippen LogP contribution in [0.5, 0.6) is 0 Å². The molecule has 34 valence electrons. The Labute approximate surface area is 37.4 Å². The first-order valence-electron chi connectivity index (χ1n) is 2.30. The Morgan fingerprint density at radius 3 is 2.33 bits per heavy atom. The van der Waals surface area contributed by atoms with E-state index < -0.39 is 0 Å². The van der Waals surface area contributed by atoms with Crippen LogP contribution in [0.3, 0.4) is 0 Å². The normalized spacial score (nSPS) is 42.2. The molecule has 1 aliphatic rings. The van der Waals surface area contributed by atoms with Crippen molar-refractivity contribution < 1.29 is 4.79 Å². The van der Waals surface area contributed by atoms with Crippen LogP contribution in [-0.2, 0) is 4.79 Å². The lowest BCUT2D eigenvalue weighted by Gasteiger charge is -1.67. The van der Waals surface area contributed by atoms with Crippen LogP contribution >= 0.6 is 0 Å².